The number of nitrogens with zero attached hydrogens (tertiary/aromatic N) is 2. The van der Waals surface area contributed by atoms with Gasteiger partial charge in [0.15, 0.2) is 5.82 Å². The zero-order valence-electron chi connectivity index (χ0n) is 11.5. The molecule has 0 aliphatic rings. The average Bonchev–Trinajstić information content (AvgIpc) is 2.93. The predicted octanol–water partition coefficient (Wildman–Crippen LogP) is 1.71. The summed E-state index contributed by atoms with van der Waals surface area (Å²) in [6.45, 7) is 0.00618. The largest absolute Gasteiger partial charge is 0.468 e. The maximum Gasteiger partial charge on any atom is 0.327 e. The van der Waals surface area contributed by atoms with E-state index in [0.29, 0.717) is 5.82 Å². The third-order valence-electron chi connectivity index (χ3n) is 2.64. The molecule has 0 aliphatic carbocycles. The summed E-state index contributed by atoms with van der Waals surface area (Å²) in [4.78, 5) is 22.8. The van der Waals surface area contributed by atoms with Crippen molar-refractivity contribution in [2.45, 2.75) is 6.54 Å². The van der Waals surface area contributed by atoms with E-state index < -0.39 is 5.97 Å². The van der Waals surface area contributed by atoms with Crippen molar-refractivity contribution in [2.75, 3.05) is 12.4 Å². The van der Waals surface area contributed by atoms with E-state index in [1.165, 1.54) is 17.9 Å². The van der Waals surface area contributed by atoms with Gasteiger partial charge >= 0.3 is 5.97 Å². The molecule has 1 amide bonds. The van der Waals surface area contributed by atoms with Gasteiger partial charge in [0, 0.05) is 18.3 Å². The number of esters is 1. The Kier molecular flexibility index (Phi) is 4.87. The molecule has 1 aromatic heterocycles. The normalized spacial score (nSPS) is 10.5. The molecule has 0 radical (unpaired) electrons. The molecule has 108 valence electrons. The highest BCUT2D eigenvalue weighted by Crippen LogP contribution is 2.04. The first-order valence-electron chi connectivity index (χ1n) is 6.32. The third-order valence-corrected chi connectivity index (χ3v) is 2.64. The highest BCUT2D eigenvalue weighted by molar-refractivity contribution is 6.01. The van der Waals surface area contributed by atoms with Crippen LogP contribution in [0, 0.1) is 0 Å². The van der Waals surface area contributed by atoms with Gasteiger partial charge in [-0.1, -0.05) is 30.3 Å². The third kappa shape index (κ3) is 4.61. The molecule has 6 nitrogen and oxygen atoms in total. The van der Waals surface area contributed by atoms with Crippen molar-refractivity contribution in [1.82, 2.24) is 9.78 Å². The Morgan fingerprint density at radius 3 is 2.76 bits per heavy atom. The number of rotatable bonds is 5. The van der Waals surface area contributed by atoms with Gasteiger partial charge in [-0.3, -0.25) is 14.3 Å². The van der Waals surface area contributed by atoms with Crippen molar-refractivity contribution < 1.29 is 14.3 Å². The van der Waals surface area contributed by atoms with Crippen molar-refractivity contribution in [3.63, 3.8) is 0 Å². The quantitative estimate of drug-likeness (QED) is 0.670. The number of anilines is 1. The Morgan fingerprint density at radius 1 is 1.29 bits per heavy atom. The van der Waals surface area contributed by atoms with E-state index in [9.17, 15) is 9.59 Å². The van der Waals surface area contributed by atoms with Crippen molar-refractivity contribution in [2.24, 2.45) is 0 Å². The Labute approximate surface area is 122 Å². The molecule has 0 atom stereocenters. The van der Waals surface area contributed by atoms with Crippen LogP contribution in [0.2, 0.25) is 0 Å². The lowest BCUT2D eigenvalue weighted by Gasteiger charge is -1.99. The number of benzene rings is 1. The van der Waals surface area contributed by atoms with Crippen LogP contribution in [0.3, 0.4) is 0 Å². The van der Waals surface area contributed by atoms with Crippen LogP contribution in [0.4, 0.5) is 5.82 Å². The molecule has 1 heterocycles. The van der Waals surface area contributed by atoms with Crippen LogP contribution in [0.1, 0.15) is 5.56 Å². The van der Waals surface area contributed by atoms with Crippen LogP contribution in [-0.2, 0) is 20.9 Å². The molecule has 2 aromatic rings. The smallest absolute Gasteiger partial charge is 0.327 e. The van der Waals surface area contributed by atoms with Gasteiger partial charge in [0.1, 0.15) is 6.54 Å². The average molecular weight is 285 g/mol. The fourth-order valence-electron chi connectivity index (χ4n) is 1.62. The SMILES string of the molecule is COC(=O)Cn1ccc(NC(=O)/C=C\c2ccccc2)n1. The van der Waals surface area contributed by atoms with Gasteiger partial charge < -0.3 is 10.1 Å². The van der Waals surface area contributed by atoms with Gasteiger partial charge in [0.05, 0.1) is 7.11 Å². The summed E-state index contributed by atoms with van der Waals surface area (Å²) in [5.74, 6) is -0.316. The van der Waals surface area contributed by atoms with E-state index in [1.54, 1.807) is 18.3 Å². The van der Waals surface area contributed by atoms with E-state index in [1.807, 2.05) is 30.3 Å². The standard InChI is InChI=1S/C15H15N3O3/c1-21-15(20)11-18-10-9-13(17-18)16-14(19)8-7-12-5-3-2-4-6-12/h2-10H,11H2,1H3,(H,16,17,19)/b8-7-. The maximum atomic E-state index is 11.7. The van der Waals surface area contributed by atoms with Crippen molar-refractivity contribution in [3.8, 4) is 0 Å². The minimum absolute atomic E-state index is 0.00618. The summed E-state index contributed by atoms with van der Waals surface area (Å²) in [6, 6.07) is 11.1. The molecule has 6 heteroatoms. The van der Waals surface area contributed by atoms with Gasteiger partial charge in [-0.25, -0.2) is 0 Å². The molecule has 21 heavy (non-hydrogen) atoms. The number of methoxy groups -OCH3 is 1. The first kappa shape index (κ1) is 14.5. The minimum Gasteiger partial charge on any atom is -0.468 e. The monoisotopic (exact) mass is 285 g/mol. The van der Waals surface area contributed by atoms with E-state index in [2.05, 4.69) is 15.2 Å². The molecule has 0 unspecified atom stereocenters. The Balaban J connectivity index is 1.91. The van der Waals surface area contributed by atoms with Gasteiger partial charge in [-0.15, -0.1) is 0 Å². The second-order valence-corrected chi connectivity index (χ2v) is 4.21. The lowest BCUT2D eigenvalue weighted by atomic mass is 10.2. The van der Waals surface area contributed by atoms with Crippen molar-refractivity contribution in [1.29, 1.82) is 0 Å². The number of ether oxygens (including phenoxy) is 1. The van der Waals surface area contributed by atoms with Crippen LogP contribution in [0.15, 0.2) is 48.7 Å². The molecule has 0 saturated heterocycles. The number of carbonyl (C=O) groups excluding carboxylic acids is 2. The van der Waals surface area contributed by atoms with Crippen LogP contribution in [-0.4, -0.2) is 28.8 Å². The Hall–Kier alpha value is -2.89. The maximum absolute atomic E-state index is 11.7. The topological polar surface area (TPSA) is 73.2 Å². The zero-order chi connectivity index (χ0) is 15.1. The fourth-order valence-corrected chi connectivity index (χ4v) is 1.62. The first-order chi connectivity index (χ1) is 10.2. The van der Waals surface area contributed by atoms with Crippen LogP contribution < -0.4 is 5.32 Å². The first-order valence-corrected chi connectivity index (χ1v) is 6.32. The van der Waals surface area contributed by atoms with Gasteiger partial charge in [-0.2, -0.15) is 5.10 Å². The number of amides is 1. The van der Waals surface area contributed by atoms with Crippen LogP contribution >= 0.6 is 0 Å². The Bertz CT molecular complexity index is 647. The second-order valence-electron chi connectivity index (χ2n) is 4.21. The molecule has 0 bridgehead atoms. The van der Waals surface area contributed by atoms with E-state index >= 15 is 0 Å². The summed E-state index contributed by atoms with van der Waals surface area (Å²) in [5.41, 5.74) is 0.934. The summed E-state index contributed by atoms with van der Waals surface area (Å²) in [6.07, 6.45) is 4.73. The number of nitrogens with one attached hydrogen (secondary N) is 1. The highest BCUT2D eigenvalue weighted by Gasteiger charge is 2.05. The second kappa shape index (κ2) is 7.04. The molecular weight excluding hydrogens is 270 g/mol. The van der Waals surface area contributed by atoms with E-state index in [-0.39, 0.29) is 12.5 Å². The lowest BCUT2D eigenvalue weighted by molar-refractivity contribution is -0.141. The van der Waals surface area contributed by atoms with Gasteiger partial charge in [0.25, 0.3) is 0 Å². The van der Waals surface area contributed by atoms with Crippen molar-refractivity contribution >= 4 is 23.8 Å². The zero-order valence-corrected chi connectivity index (χ0v) is 11.5. The molecule has 0 fully saturated rings. The van der Waals surface area contributed by atoms with Crippen molar-refractivity contribution in [3.05, 3.63) is 54.2 Å². The van der Waals surface area contributed by atoms with E-state index in [0.717, 1.165) is 5.56 Å². The van der Waals surface area contributed by atoms with Gasteiger partial charge in [-0.05, 0) is 11.6 Å². The van der Waals surface area contributed by atoms with E-state index in [4.69, 9.17) is 0 Å². The molecule has 2 rings (SSSR count). The molecule has 0 spiro atoms. The van der Waals surface area contributed by atoms with Crippen LogP contribution in [0.25, 0.3) is 6.08 Å². The molecule has 0 saturated carbocycles. The summed E-state index contributed by atoms with van der Waals surface area (Å²) >= 11 is 0. The fraction of sp³-hybridized carbons (Fsp3) is 0.133. The number of aromatic nitrogens is 2. The summed E-state index contributed by atoms with van der Waals surface area (Å²) < 4.78 is 5.92. The van der Waals surface area contributed by atoms with Gasteiger partial charge in [0.2, 0.25) is 5.91 Å². The molecule has 0 aliphatic heterocycles. The summed E-state index contributed by atoms with van der Waals surface area (Å²) in [7, 11) is 1.31. The molecule has 1 N–H and O–H groups in total. The summed E-state index contributed by atoms with van der Waals surface area (Å²) in [5, 5.41) is 6.66. The predicted molar refractivity (Wildman–Crippen MR) is 78.3 cm³/mol. The Morgan fingerprint density at radius 2 is 2.05 bits per heavy atom. The van der Waals surface area contributed by atoms with Crippen LogP contribution in [0.5, 0.6) is 0 Å². The number of hydrogen-bond donors (Lipinski definition) is 1. The number of carbonyl (C=O) groups is 2. The minimum atomic E-state index is -0.403. The molecule has 1 aromatic carbocycles. The highest BCUT2D eigenvalue weighted by atomic mass is 16.5. The lowest BCUT2D eigenvalue weighted by Crippen LogP contribution is -2.13. The molecular formula is C15H15N3O3. The number of hydrogen-bond acceptors (Lipinski definition) is 4.